The Morgan fingerprint density at radius 2 is 1.65 bits per heavy atom. The van der Waals surface area contributed by atoms with Crippen LogP contribution in [0.1, 0.15) is 20.8 Å². The summed E-state index contributed by atoms with van der Waals surface area (Å²) in [4.78, 5) is 4.86. The van der Waals surface area contributed by atoms with Crippen molar-refractivity contribution in [2.75, 3.05) is 37.6 Å². The van der Waals surface area contributed by atoms with E-state index in [9.17, 15) is 4.39 Å². The molecule has 4 heteroatoms. The van der Waals surface area contributed by atoms with Gasteiger partial charge in [0.2, 0.25) is 0 Å². The third-order valence-corrected chi connectivity index (χ3v) is 3.95. The Labute approximate surface area is 121 Å². The highest BCUT2D eigenvalue weighted by atomic mass is 19.1. The number of hydrogen-bond acceptors (Lipinski definition) is 3. The van der Waals surface area contributed by atoms with Crippen molar-refractivity contribution in [2.24, 2.45) is 0 Å². The summed E-state index contributed by atoms with van der Waals surface area (Å²) in [7, 11) is 0. The van der Waals surface area contributed by atoms with Crippen LogP contribution in [0.25, 0.3) is 0 Å². The minimum Gasteiger partial charge on any atom is -0.369 e. The van der Waals surface area contributed by atoms with E-state index in [1.54, 1.807) is 0 Å². The van der Waals surface area contributed by atoms with Crippen LogP contribution in [0.5, 0.6) is 0 Å². The molecule has 20 heavy (non-hydrogen) atoms. The predicted octanol–water partition coefficient (Wildman–Crippen LogP) is 2.33. The molecular formula is C16H26FN3. The molecule has 0 radical (unpaired) electrons. The van der Waals surface area contributed by atoms with Crippen LogP contribution in [0.3, 0.4) is 0 Å². The van der Waals surface area contributed by atoms with Crippen LogP contribution < -0.4 is 10.2 Å². The summed E-state index contributed by atoms with van der Waals surface area (Å²) in [6, 6.07) is 7.92. The van der Waals surface area contributed by atoms with E-state index in [1.165, 1.54) is 12.1 Å². The second-order valence-corrected chi connectivity index (χ2v) is 5.91. The molecule has 1 heterocycles. The number of nitrogens with zero attached hydrogens (tertiary/aromatic N) is 2. The van der Waals surface area contributed by atoms with Gasteiger partial charge in [0.15, 0.2) is 0 Å². The molecule has 0 aliphatic carbocycles. The third kappa shape index (κ3) is 4.18. The molecule has 1 aromatic rings. The maximum absolute atomic E-state index is 12.9. The average molecular weight is 279 g/mol. The number of hydrogen-bond donors (Lipinski definition) is 1. The molecule has 1 saturated heterocycles. The number of halogens is 1. The van der Waals surface area contributed by atoms with Gasteiger partial charge in [-0.05, 0) is 31.2 Å². The van der Waals surface area contributed by atoms with Gasteiger partial charge < -0.3 is 10.2 Å². The summed E-state index contributed by atoms with van der Waals surface area (Å²) in [5.41, 5.74) is 1.12. The second-order valence-electron chi connectivity index (χ2n) is 5.91. The Kier molecular flexibility index (Phi) is 5.38. The maximum atomic E-state index is 12.9. The zero-order valence-electron chi connectivity index (χ0n) is 12.8. The minimum absolute atomic E-state index is 0.166. The van der Waals surface area contributed by atoms with Gasteiger partial charge in [-0.1, -0.05) is 13.8 Å². The van der Waals surface area contributed by atoms with Crippen LogP contribution >= 0.6 is 0 Å². The molecular weight excluding hydrogens is 253 g/mol. The molecule has 1 aliphatic heterocycles. The fraction of sp³-hybridized carbons (Fsp3) is 0.625. The van der Waals surface area contributed by atoms with Crippen LogP contribution in [0.15, 0.2) is 24.3 Å². The molecule has 2 rings (SSSR count). The van der Waals surface area contributed by atoms with Gasteiger partial charge >= 0.3 is 0 Å². The Hall–Kier alpha value is -1.13. The smallest absolute Gasteiger partial charge is 0.123 e. The highest BCUT2D eigenvalue weighted by Crippen LogP contribution is 2.17. The van der Waals surface area contributed by atoms with E-state index in [2.05, 4.69) is 35.9 Å². The zero-order valence-corrected chi connectivity index (χ0v) is 12.8. The van der Waals surface area contributed by atoms with Crippen LogP contribution in [0.2, 0.25) is 0 Å². The van der Waals surface area contributed by atoms with Gasteiger partial charge in [-0.3, -0.25) is 4.90 Å². The van der Waals surface area contributed by atoms with Gasteiger partial charge in [-0.15, -0.1) is 0 Å². The molecule has 112 valence electrons. The molecule has 0 bridgehead atoms. The lowest BCUT2D eigenvalue weighted by Crippen LogP contribution is -2.52. The SMILES string of the molecule is CC(C)NCC(C)N1CCN(c2ccc(F)cc2)CC1. The molecule has 1 unspecified atom stereocenters. The van der Waals surface area contributed by atoms with Crippen LogP contribution in [0, 0.1) is 5.82 Å². The summed E-state index contributed by atoms with van der Waals surface area (Å²) in [6.45, 7) is 11.8. The van der Waals surface area contributed by atoms with Crippen molar-refractivity contribution >= 4 is 5.69 Å². The molecule has 0 aromatic heterocycles. The number of rotatable bonds is 5. The standard InChI is InChI=1S/C16H26FN3/c1-13(2)18-12-14(3)19-8-10-20(11-9-19)16-6-4-15(17)5-7-16/h4-7,13-14,18H,8-12H2,1-3H3. The van der Waals surface area contributed by atoms with Crippen molar-refractivity contribution in [1.29, 1.82) is 0 Å². The fourth-order valence-corrected chi connectivity index (χ4v) is 2.61. The van der Waals surface area contributed by atoms with Crippen molar-refractivity contribution in [2.45, 2.75) is 32.9 Å². The first-order valence-corrected chi connectivity index (χ1v) is 7.54. The van der Waals surface area contributed by atoms with E-state index in [0.29, 0.717) is 12.1 Å². The highest BCUT2D eigenvalue weighted by Gasteiger charge is 2.21. The van der Waals surface area contributed by atoms with E-state index in [-0.39, 0.29) is 5.82 Å². The van der Waals surface area contributed by atoms with E-state index in [4.69, 9.17) is 0 Å². The van der Waals surface area contributed by atoms with Crippen molar-refractivity contribution < 1.29 is 4.39 Å². The molecule has 1 N–H and O–H groups in total. The Morgan fingerprint density at radius 1 is 1.05 bits per heavy atom. The van der Waals surface area contributed by atoms with Gasteiger partial charge in [-0.25, -0.2) is 4.39 Å². The van der Waals surface area contributed by atoms with E-state index >= 15 is 0 Å². The van der Waals surface area contributed by atoms with E-state index in [0.717, 1.165) is 38.4 Å². The highest BCUT2D eigenvalue weighted by molar-refractivity contribution is 5.46. The van der Waals surface area contributed by atoms with Crippen molar-refractivity contribution in [1.82, 2.24) is 10.2 Å². The summed E-state index contributed by atoms with van der Waals surface area (Å²) >= 11 is 0. The number of benzene rings is 1. The zero-order chi connectivity index (χ0) is 14.5. The minimum atomic E-state index is -0.166. The van der Waals surface area contributed by atoms with Crippen molar-refractivity contribution in [3.05, 3.63) is 30.1 Å². The number of piperazine rings is 1. The van der Waals surface area contributed by atoms with Crippen LogP contribution in [0.4, 0.5) is 10.1 Å². The predicted molar refractivity (Wildman–Crippen MR) is 82.8 cm³/mol. The average Bonchev–Trinajstić information content (AvgIpc) is 2.46. The van der Waals surface area contributed by atoms with Crippen molar-refractivity contribution in [3.8, 4) is 0 Å². The van der Waals surface area contributed by atoms with E-state index in [1.807, 2.05) is 12.1 Å². The Morgan fingerprint density at radius 3 is 2.20 bits per heavy atom. The first-order valence-electron chi connectivity index (χ1n) is 7.54. The normalized spacial score (nSPS) is 18.6. The molecule has 1 fully saturated rings. The summed E-state index contributed by atoms with van der Waals surface area (Å²) in [6.07, 6.45) is 0. The van der Waals surface area contributed by atoms with E-state index < -0.39 is 0 Å². The summed E-state index contributed by atoms with van der Waals surface area (Å²) < 4.78 is 12.9. The van der Waals surface area contributed by atoms with Crippen LogP contribution in [-0.2, 0) is 0 Å². The molecule has 3 nitrogen and oxygen atoms in total. The number of nitrogens with one attached hydrogen (secondary N) is 1. The lowest BCUT2D eigenvalue weighted by Gasteiger charge is -2.39. The van der Waals surface area contributed by atoms with Gasteiger partial charge in [0.25, 0.3) is 0 Å². The number of anilines is 1. The monoisotopic (exact) mass is 279 g/mol. The lowest BCUT2D eigenvalue weighted by atomic mass is 10.2. The topological polar surface area (TPSA) is 18.5 Å². The van der Waals surface area contributed by atoms with Gasteiger partial charge in [0.1, 0.15) is 5.82 Å². The first-order chi connectivity index (χ1) is 9.56. The lowest BCUT2D eigenvalue weighted by molar-refractivity contribution is 0.191. The van der Waals surface area contributed by atoms with Crippen molar-refractivity contribution in [3.63, 3.8) is 0 Å². The molecule has 1 atom stereocenters. The molecule has 0 amide bonds. The van der Waals surface area contributed by atoms with Crippen LogP contribution in [-0.4, -0.2) is 49.7 Å². The quantitative estimate of drug-likeness (QED) is 0.892. The Balaban J connectivity index is 1.81. The van der Waals surface area contributed by atoms with Gasteiger partial charge in [-0.2, -0.15) is 0 Å². The molecule has 1 aromatic carbocycles. The van der Waals surface area contributed by atoms with Gasteiger partial charge in [0, 0.05) is 50.5 Å². The third-order valence-electron chi connectivity index (χ3n) is 3.95. The largest absolute Gasteiger partial charge is 0.369 e. The molecule has 1 aliphatic rings. The summed E-state index contributed by atoms with van der Waals surface area (Å²) in [5.74, 6) is -0.166. The molecule has 0 saturated carbocycles. The summed E-state index contributed by atoms with van der Waals surface area (Å²) in [5, 5.41) is 3.49. The Bertz CT molecular complexity index is 397. The fourth-order valence-electron chi connectivity index (χ4n) is 2.61. The van der Waals surface area contributed by atoms with Gasteiger partial charge in [0.05, 0.1) is 0 Å². The molecule has 0 spiro atoms. The first kappa shape index (κ1) is 15.3. The maximum Gasteiger partial charge on any atom is 0.123 e. The second kappa shape index (κ2) is 7.04.